The number of nitrogens with one attached hydrogen (secondary N) is 1. The van der Waals surface area contributed by atoms with Gasteiger partial charge in [0.1, 0.15) is 17.7 Å². The number of likely N-dealkylation sites (tertiary alicyclic amines) is 1. The number of anilines is 1. The minimum atomic E-state index is -1.07. The average Bonchev–Trinajstić information content (AvgIpc) is 3.12. The molecule has 1 N–H and O–H groups in total. The number of benzene rings is 1. The standard InChI is InChI=1S/C27H33F3N6S2/c1-4-31-24-15(2)10-16(11-18(24)28)23-20(30)14-36-25(23)22(12-27(3,37)38)33-26(34-36)32-21-8-9-35(13-19(21)29)17-6-5-7-17/h4,10-11,14,17,19,21,37-38H,5-9,12-13H2,1-3H3,(H,32,34). The second kappa shape index (κ2) is 10.7. The van der Waals surface area contributed by atoms with E-state index in [-0.39, 0.29) is 23.6 Å². The van der Waals surface area contributed by atoms with Crippen molar-refractivity contribution in [3.8, 4) is 11.1 Å². The maximum Gasteiger partial charge on any atom is 0.241 e. The second-order valence-corrected chi connectivity index (χ2v) is 12.9. The number of thiol groups is 2. The number of fused-ring (bicyclic) bond motifs is 1. The highest BCUT2D eigenvalue weighted by Crippen LogP contribution is 2.37. The second-order valence-electron chi connectivity index (χ2n) is 10.6. The van der Waals surface area contributed by atoms with Crippen molar-refractivity contribution in [1.29, 1.82) is 0 Å². The van der Waals surface area contributed by atoms with Crippen molar-refractivity contribution in [2.24, 2.45) is 4.99 Å². The van der Waals surface area contributed by atoms with E-state index in [2.05, 4.69) is 50.5 Å². The molecule has 2 aliphatic rings. The molecule has 204 valence electrons. The summed E-state index contributed by atoms with van der Waals surface area (Å²) in [6, 6.07) is 3.02. The molecule has 3 aromatic rings. The van der Waals surface area contributed by atoms with Gasteiger partial charge in [-0.15, -0.1) is 5.10 Å². The summed E-state index contributed by atoms with van der Waals surface area (Å²) in [5.41, 5.74) is 2.20. The quantitative estimate of drug-likeness (QED) is 0.182. The normalized spacial score (nSPS) is 21.4. The lowest BCUT2D eigenvalue weighted by Crippen LogP contribution is -2.53. The van der Waals surface area contributed by atoms with Gasteiger partial charge in [-0.25, -0.2) is 22.7 Å². The molecule has 0 spiro atoms. The first-order valence-electron chi connectivity index (χ1n) is 13.0. The van der Waals surface area contributed by atoms with E-state index in [1.165, 1.54) is 29.4 Å². The van der Waals surface area contributed by atoms with Crippen LogP contribution >= 0.6 is 25.3 Å². The molecule has 38 heavy (non-hydrogen) atoms. The summed E-state index contributed by atoms with van der Waals surface area (Å²) >= 11 is 9.10. The topological polar surface area (TPSA) is 57.8 Å². The third kappa shape index (κ3) is 5.56. The van der Waals surface area contributed by atoms with Gasteiger partial charge in [0.25, 0.3) is 0 Å². The maximum absolute atomic E-state index is 15.5. The van der Waals surface area contributed by atoms with Crippen LogP contribution in [0, 0.1) is 18.6 Å². The number of halogens is 3. The van der Waals surface area contributed by atoms with Crippen LogP contribution in [-0.4, -0.2) is 61.1 Å². The summed E-state index contributed by atoms with van der Waals surface area (Å²) in [6.07, 6.45) is 6.06. The highest BCUT2D eigenvalue weighted by atomic mass is 32.2. The number of piperidine rings is 1. The largest absolute Gasteiger partial charge is 0.347 e. The number of alkyl halides is 1. The molecular formula is C27H33F3N6S2. The van der Waals surface area contributed by atoms with Gasteiger partial charge in [-0.3, -0.25) is 9.89 Å². The van der Waals surface area contributed by atoms with Gasteiger partial charge in [-0.05, 0) is 63.3 Å². The Bertz CT molecular complexity index is 1340. The number of hydrogen-bond donors (Lipinski definition) is 3. The first-order chi connectivity index (χ1) is 18.0. The van der Waals surface area contributed by atoms with Crippen molar-refractivity contribution < 1.29 is 13.2 Å². The fraction of sp³-hybridized carbons (Fsp3) is 0.519. The van der Waals surface area contributed by atoms with Crippen LogP contribution in [0.1, 0.15) is 50.8 Å². The fourth-order valence-corrected chi connectivity index (χ4v) is 5.71. The van der Waals surface area contributed by atoms with Gasteiger partial charge < -0.3 is 5.32 Å². The number of rotatable bonds is 7. The summed E-state index contributed by atoms with van der Waals surface area (Å²) in [6.45, 7) is 6.44. The van der Waals surface area contributed by atoms with Crippen LogP contribution in [0.5, 0.6) is 0 Å². The van der Waals surface area contributed by atoms with E-state index in [9.17, 15) is 4.39 Å². The van der Waals surface area contributed by atoms with Crippen LogP contribution in [0.2, 0.25) is 0 Å². The Morgan fingerprint density at radius 1 is 1.21 bits per heavy atom. The molecular weight excluding hydrogens is 529 g/mol. The van der Waals surface area contributed by atoms with E-state index < -0.39 is 27.9 Å². The Balaban J connectivity index is 1.52. The zero-order valence-electron chi connectivity index (χ0n) is 21.8. The van der Waals surface area contributed by atoms with Gasteiger partial charge in [-0.1, -0.05) is 6.42 Å². The van der Waals surface area contributed by atoms with Gasteiger partial charge in [0.05, 0.1) is 27.5 Å². The van der Waals surface area contributed by atoms with Gasteiger partial charge in [-0.2, -0.15) is 25.3 Å². The van der Waals surface area contributed by atoms with Gasteiger partial charge in [0, 0.05) is 37.3 Å². The maximum atomic E-state index is 15.5. The molecule has 2 atom stereocenters. The lowest BCUT2D eigenvalue weighted by Gasteiger charge is -2.43. The molecule has 2 aromatic heterocycles. The van der Waals surface area contributed by atoms with Crippen LogP contribution in [0.4, 0.5) is 24.8 Å². The monoisotopic (exact) mass is 562 g/mol. The molecule has 2 fully saturated rings. The summed E-state index contributed by atoms with van der Waals surface area (Å²) in [5.74, 6) is -0.909. The molecule has 11 heteroatoms. The SMILES string of the molecule is CC=Nc1c(C)cc(-c2c(F)cn3nc(NC4CCN(C5CCC5)CC4F)nc(CC(C)(S)S)c23)cc1F. The van der Waals surface area contributed by atoms with Gasteiger partial charge in [0.15, 0.2) is 5.82 Å². The van der Waals surface area contributed by atoms with E-state index in [1.54, 1.807) is 26.8 Å². The third-order valence-corrected chi connectivity index (χ3v) is 7.75. The molecule has 0 bridgehead atoms. The molecule has 0 amide bonds. The first-order valence-corrected chi connectivity index (χ1v) is 13.9. The predicted octanol–water partition coefficient (Wildman–Crippen LogP) is 6.20. The first kappa shape index (κ1) is 27.3. The molecule has 1 saturated heterocycles. The number of aliphatic imine (C=N–C) groups is 1. The molecule has 0 radical (unpaired) electrons. The number of nitrogens with zero attached hydrogens (tertiary/aromatic N) is 5. The smallest absolute Gasteiger partial charge is 0.241 e. The van der Waals surface area contributed by atoms with E-state index in [4.69, 9.17) is 0 Å². The molecule has 2 unspecified atom stereocenters. The summed E-state index contributed by atoms with van der Waals surface area (Å²) in [5, 5.41) is 7.64. The van der Waals surface area contributed by atoms with Crippen molar-refractivity contribution in [3.05, 3.63) is 41.2 Å². The van der Waals surface area contributed by atoms with Crippen LogP contribution in [0.15, 0.2) is 23.3 Å². The Hall–Kier alpha value is -2.24. The van der Waals surface area contributed by atoms with Crippen LogP contribution < -0.4 is 5.32 Å². The highest BCUT2D eigenvalue weighted by Gasteiger charge is 2.35. The van der Waals surface area contributed by atoms with Crippen LogP contribution in [0.25, 0.3) is 16.6 Å². The minimum Gasteiger partial charge on any atom is -0.347 e. The Morgan fingerprint density at radius 2 is 1.97 bits per heavy atom. The average molecular weight is 563 g/mol. The van der Waals surface area contributed by atoms with Crippen LogP contribution in [-0.2, 0) is 6.42 Å². The minimum absolute atomic E-state index is 0.184. The van der Waals surface area contributed by atoms with Gasteiger partial charge in [0.2, 0.25) is 5.95 Å². The Morgan fingerprint density at radius 3 is 2.58 bits per heavy atom. The zero-order chi connectivity index (χ0) is 27.2. The molecule has 1 aliphatic carbocycles. The Labute approximate surface area is 231 Å². The van der Waals surface area contributed by atoms with E-state index in [1.807, 2.05) is 0 Å². The van der Waals surface area contributed by atoms with Crippen molar-refractivity contribution in [1.82, 2.24) is 19.5 Å². The number of aryl methyl sites for hydroxylation is 1. The molecule has 5 rings (SSSR count). The lowest BCUT2D eigenvalue weighted by atomic mass is 9.89. The van der Waals surface area contributed by atoms with Crippen molar-refractivity contribution in [2.75, 3.05) is 18.4 Å². The number of hydrogen-bond acceptors (Lipinski definition) is 7. The van der Waals surface area contributed by atoms with Crippen molar-refractivity contribution in [2.45, 2.75) is 75.2 Å². The zero-order valence-corrected chi connectivity index (χ0v) is 23.5. The van der Waals surface area contributed by atoms with Crippen molar-refractivity contribution in [3.63, 3.8) is 0 Å². The fourth-order valence-electron chi connectivity index (χ4n) is 5.41. The number of aromatic nitrogens is 3. The van der Waals surface area contributed by atoms with E-state index in [0.29, 0.717) is 41.3 Å². The Kier molecular flexibility index (Phi) is 7.72. The van der Waals surface area contributed by atoms with Crippen molar-refractivity contribution >= 4 is 48.6 Å². The molecule has 1 saturated carbocycles. The van der Waals surface area contributed by atoms with E-state index >= 15 is 8.78 Å². The molecule has 1 aromatic carbocycles. The third-order valence-electron chi connectivity index (χ3n) is 7.44. The summed E-state index contributed by atoms with van der Waals surface area (Å²) in [4.78, 5) is 11.0. The molecule has 1 aliphatic heterocycles. The van der Waals surface area contributed by atoms with Crippen LogP contribution in [0.3, 0.4) is 0 Å². The molecule has 6 nitrogen and oxygen atoms in total. The van der Waals surface area contributed by atoms with Gasteiger partial charge >= 0.3 is 0 Å². The summed E-state index contributed by atoms with van der Waals surface area (Å²) < 4.78 is 46.1. The highest BCUT2D eigenvalue weighted by molar-refractivity contribution is 8.00. The lowest BCUT2D eigenvalue weighted by molar-refractivity contribution is 0.0552. The van der Waals surface area contributed by atoms with E-state index in [0.717, 1.165) is 19.4 Å². The molecule has 3 heterocycles. The predicted molar refractivity (Wildman–Crippen MR) is 153 cm³/mol. The summed E-state index contributed by atoms with van der Waals surface area (Å²) in [7, 11) is 0.